The molecule has 0 aliphatic carbocycles. The largest absolute Gasteiger partial charge is 0.469 e. The van der Waals surface area contributed by atoms with Crippen LogP contribution in [-0.2, 0) is 22.4 Å². The molecule has 0 aromatic heterocycles. The molecule has 3 nitrogen and oxygen atoms in total. The molecule has 0 bridgehead atoms. The number of hydrogen-bond acceptors (Lipinski definition) is 3. The van der Waals surface area contributed by atoms with Gasteiger partial charge in [0.15, 0.2) is 0 Å². The first-order valence-corrected chi connectivity index (χ1v) is 5.29. The second-order valence-corrected chi connectivity index (χ2v) is 3.66. The van der Waals surface area contributed by atoms with Gasteiger partial charge in [-0.2, -0.15) is 5.26 Å². The topological polar surface area (TPSA) is 50.1 Å². The van der Waals surface area contributed by atoms with Gasteiger partial charge in [0.1, 0.15) is 6.07 Å². The zero-order valence-corrected chi connectivity index (χ0v) is 9.97. The number of ether oxygens (including phenoxy) is 1. The number of carbonyl (C=O) groups is 1. The first-order chi connectivity index (χ1) is 7.63. The first-order valence-electron chi connectivity index (χ1n) is 4.91. The summed E-state index contributed by atoms with van der Waals surface area (Å²) >= 11 is 6.07. The quantitative estimate of drug-likeness (QED) is 0.759. The van der Waals surface area contributed by atoms with E-state index in [-0.39, 0.29) is 12.4 Å². The third-order valence-electron chi connectivity index (χ3n) is 2.38. The van der Waals surface area contributed by atoms with E-state index in [1.807, 2.05) is 13.0 Å². The van der Waals surface area contributed by atoms with Crippen molar-refractivity contribution in [1.29, 1.82) is 5.26 Å². The standard InChI is InChI=1S/C12H12ClNO2/c1-3-10-8(6-11(15)16-2)4-5-9(7-14)12(10)13/h4-5H,3,6H2,1-2H3. The van der Waals surface area contributed by atoms with Crippen molar-refractivity contribution in [2.75, 3.05) is 7.11 Å². The Labute approximate surface area is 99.6 Å². The Hall–Kier alpha value is -1.53. The van der Waals surface area contributed by atoms with Gasteiger partial charge in [-0.3, -0.25) is 4.79 Å². The lowest BCUT2D eigenvalue weighted by molar-refractivity contribution is -0.139. The highest BCUT2D eigenvalue weighted by atomic mass is 35.5. The van der Waals surface area contributed by atoms with Gasteiger partial charge in [0.05, 0.1) is 24.1 Å². The van der Waals surface area contributed by atoms with E-state index in [1.165, 1.54) is 7.11 Å². The monoisotopic (exact) mass is 237 g/mol. The SMILES string of the molecule is CCc1c(CC(=O)OC)ccc(C#N)c1Cl. The van der Waals surface area contributed by atoms with Crippen LogP contribution >= 0.6 is 11.6 Å². The third-order valence-corrected chi connectivity index (χ3v) is 2.81. The fourth-order valence-electron chi connectivity index (χ4n) is 1.52. The zero-order valence-electron chi connectivity index (χ0n) is 9.21. The van der Waals surface area contributed by atoms with Crippen molar-refractivity contribution in [3.05, 3.63) is 33.8 Å². The van der Waals surface area contributed by atoms with E-state index < -0.39 is 0 Å². The molecule has 84 valence electrons. The summed E-state index contributed by atoms with van der Waals surface area (Å²) < 4.78 is 4.60. The maximum Gasteiger partial charge on any atom is 0.309 e. The summed E-state index contributed by atoms with van der Waals surface area (Å²) in [5.74, 6) is -0.310. The molecule has 0 radical (unpaired) electrons. The van der Waals surface area contributed by atoms with E-state index in [9.17, 15) is 4.79 Å². The van der Waals surface area contributed by atoms with Gasteiger partial charge in [-0.1, -0.05) is 24.6 Å². The second-order valence-electron chi connectivity index (χ2n) is 3.28. The molecule has 0 spiro atoms. The van der Waals surface area contributed by atoms with Crippen molar-refractivity contribution in [1.82, 2.24) is 0 Å². The number of nitriles is 1. The van der Waals surface area contributed by atoms with E-state index in [0.717, 1.165) is 11.1 Å². The molecule has 1 aromatic carbocycles. The molecule has 0 fully saturated rings. The highest BCUT2D eigenvalue weighted by Gasteiger charge is 2.12. The minimum Gasteiger partial charge on any atom is -0.469 e. The summed E-state index contributed by atoms with van der Waals surface area (Å²) in [6, 6.07) is 5.39. The molecule has 1 aromatic rings. The molecule has 1 rings (SSSR count). The van der Waals surface area contributed by atoms with Crippen molar-refractivity contribution in [2.24, 2.45) is 0 Å². The van der Waals surface area contributed by atoms with E-state index in [2.05, 4.69) is 4.74 Å². The van der Waals surface area contributed by atoms with Gasteiger partial charge >= 0.3 is 5.97 Å². The maximum atomic E-state index is 11.2. The lowest BCUT2D eigenvalue weighted by Gasteiger charge is -2.09. The number of hydrogen-bond donors (Lipinski definition) is 0. The van der Waals surface area contributed by atoms with Crippen LogP contribution in [0.1, 0.15) is 23.6 Å². The van der Waals surface area contributed by atoms with E-state index in [1.54, 1.807) is 12.1 Å². The second kappa shape index (κ2) is 5.53. The predicted octanol–water partition coefficient (Wildman–Crippen LogP) is 2.49. The average molecular weight is 238 g/mol. The lowest BCUT2D eigenvalue weighted by atomic mass is 9.99. The van der Waals surface area contributed by atoms with Crippen LogP contribution < -0.4 is 0 Å². The van der Waals surface area contributed by atoms with Crippen molar-refractivity contribution in [3.8, 4) is 6.07 Å². The normalized spacial score (nSPS) is 9.62. The van der Waals surface area contributed by atoms with Crippen LogP contribution in [0.15, 0.2) is 12.1 Å². The van der Waals surface area contributed by atoms with Crippen molar-refractivity contribution < 1.29 is 9.53 Å². The summed E-state index contributed by atoms with van der Waals surface area (Å²) in [6.45, 7) is 1.93. The summed E-state index contributed by atoms with van der Waals surface area (Å²) in [6.07, 6.45) is 0.867. The van der Waals surface area contributed by atoms with Gasteiger partial charge in [0.2, 0.25) is 0 Å². The van der Waals surface area contributed by atoms with E-state index in [4.69, 9.17) is 16.9 Å². The van der Waals surface area contributed by atoms with Crippen molar-refractivity contribution in [2.45, 2.75) is 19.8 Å². The molecule has 0 N–H and O–H groups in total. The molecular formula is C12H12ClNO2. The molecule has 0 heterocycles. The average Bonchev–Trinajstić information content (AvgIpc) is 2.29. The van der Waals surface area contributed by atoms with Gasteiger partial charge < -0.3 is 4.74 Å². The zero-order chi connectivity index (χ0) is 12.1. The van der Waals surface area contributed by atoms with Gasteiger partial charge in [-0.05, 0) is 23.6 Å². The molecular weight excluding hydrogens is 226 g/mol. The smallest absolute Gasteiger partial charge is 0.309 e. The number of nitrogens with zero attached hydrogens (tertiary/aromatic N) is 1. The fraction of sp³-hybridized carbons (Fsp3) is 0.333. The summed E-state index contributed by atoms with van der Waals surface area (Å²) in [7, 11) is 1.35. The van der Waals surface area contributed by atoms with E-state index >= 15 is 0 Å². The Balaban J connectivity index is 3.17. The third kappa shape index (κ3) is 2.53. The van der Waals surface area contributed by atoms with Crippen molar-refractivity contribution in [3.63, 3.8) is 0 Å². The Morgan fingerprint density at radius 2 is 2.25 bits per heavy atom. The molecule has 4 heteroatoms. The highest BCUT2D eigenvalue weighted by Crippen LogP contribution is 2.25. The van der Waals surface area contributed by atoms with Crippen LogP contribution in [0.4, 0.5) is 0 Å². The van der Waals surface area contributed by atoms with Crippen LogP contribution in [0.3, 0.4) is 0 Å². The van der Waals surface area contributed by atoms with Crippen LogP contribution in [0.2, 0.25) is 5.02 Å². The van der Waals surface area contributed by atoms with Gasteiger partial charge in [0.25, 0.3) is 0 Å². The summed E-state index contributed by atoms with van der Waals surface area (Å²) in [4.78, 5) is 11.2. The Bertz CT molecular complexity index is 449. The summed E-state index contributed by atoms with van der Waals surface area (Å²) in [5, 5.41) is 9.27. The number of benzene rings is 1. The molecule has 0 unspecified atom stereocenters. The number of carbonyl (C=O) groups excluding carboxylic acids is 1. The van der Waals surface area contributed by atoms with Crippen LogP contribution in [0, 0.1) is 11.3 Å². The number of esters is 1. The Morgan fingerprint density at radius 1 is 1.56 bits per heavy atom. The Kier molecular flexibility index (Phi) is 4.33. The fourth-order valence-corrected chi connectivity index (χ4v) is 1.88. The predicted molar refractivity (Wildman–Crippen MR) is 61.3 cm³/mol. The molecule has 0 aliphatic rings. The van der Waals surface area contributed by atoms with Gasteiger partial charge in [-0.15, -0.1) is 0 Å². The van der Waals surface area contributed by atoms with Gasteiger partial charge in [-0.25, -0.2) is 0 Å². The Morgan fingerprint density at radius 3 is 2.75 bits per heavy atom. The maximum absolute atomic E-state index is 11.2. The lowest BCUT2D eigenvalue weighted by Crippen LogP contribution is -2.07. The van der Waals surface area contributed by atoms with E-state index in [0.29, 0.717) is 17.0 Å². The number of halogens is 1. The summed E-state index contributed by atoms with van der Waals surface area (Å²) in [5.41, 5.74) is 2.09. The molecule has 16 heavy (non-hydrogen) atoms. The number of methoxy groups -OCH3 is 1. The van der Waals surface area contributed by atoms with Gasteiger partial charge in [0, 0.05) is 0 Å². The minimum atomic E-state index is -0.310. The molecule has 0 saturated carbocycles. The molecule has 0 saturated heterocycles. The highest BCUT2D eigenvalue weighted by molar-refractivity contribution is 6.32. The van der Waals surface area contributed by atoms with Crippen LogP contribution in [0.25, 0.3) is 0 Å². The molecule has 0 amide bonds. The van der Waals surface area contributed by atoms with Crippen LogP contribution in [-0.4, -0.2) is 13.1 Å². The van der Waals surface area contributed by atoms with Crippen LogP contribution in [0.5, 0.6) is 0 Å². The molecule has 0 aliphatic heterocycles. The molecule has 0 atom stereocenters. The van der Waals surface area contributed by atoms with Crippen molar-refractivity contribution >= 4 is 17.6 Å². The first kappa shape index (κ1) is 12.5. The number of rotatable bonds is 3. The minimum absolute atomic E-state index is 0.186.